The number of rotatable bonds is 8. The number of carbonyl (C=O) groups is 1. The molecule has 0 spiro atoms. The zero-order valence-corrected chi connectivity index (χ0v) is 19.5. The van der Waals surface area contributed by atoms with Crippen molar-refractivity contribution in [1.82, 2.24) is 24.9 Å². The van der Waals surface area contributed by atoms with E-state index in [-0.39, 0.29) is 18.8 Å². The van der Waals surface area contributed by atoms with Crippen molar-refractivity contribution in [2.45, 2.75) is 77.4 Å². The number of carbonyl (C=O) groups excluding carboxylic acids is 1. The number of hydrogen-bond acceptors (Lipinski definition) is 6. The molecule has 0 atom stereocenters. The Morgan fingerprint density at radius 1 is 1.16 bits per heavy atom. The molecule has 2 fully saturated rings. The first-order valence-electron chi connectivity index (χ1n) is 12.0. The van der Waals surface area contributed by atoms with Crippen LogP contribution in [-0.2, 0) is 24.8 Å². The van der Waals surface area contributed by atoms with Crippen LogP contribution < -0.4 is 4.74 Å². The van der Waals surface area contributed by atoms with E-state index in [0.29, 0.717) is 11.6 Å². The molecule has 0 N–H and O–H groups in total. The second-order valence-electron chi connectivity index (χ2n) is 9.11. The van der Waals surface area contributed by atoms with Gasteiger partial charge in [-0.2, -0.15) is 0 Å². The number of ether oxygens (including phenoxy) is 2. The van der Waals surface area contributed by atoms with E-state index >= 15 is 0 Å². The Morgan fingerprint density at radius 2 is 1.94 bits per heavy atom. The van der Waals surface area contributed by atoms with E-state index in [1.807, 2.05) is 12.1 Å². The number of hydrogen-bond donors (Lipinski definition) is 0. The van der Waals surface area contributed by atoms with Gasteiger partial charge in [0, 0.05) is 20.6 Å². The van der Waals surface area contributed by atoms with Crippen LogP contribution in [0.5, 0.6) is 5.75 Å². The lowest BCUT2D eigenvalue weighted by atomic mass is 9.85. The number of aryl methyl sites for hydroxylation is 2. The molecule has 0 saturated heterocycles. The topological polar surface area (TPSA) is 82.4 Å². The van der Waals surface area contributed by atoms with Crippen LogP contribution in [0.25, 0.3) is 11.4 Å². The highest BCUT2D eigenvalue weighted by molar-refractivity contribution is 5.67. The predicted octanol–water partition coefficient (Wildman–Crippen LogP) is 4.52. The van der Waals surface area contributed by atoms with Gasteiger partial charge in [-0.3, -0.25) is 0 Å². The van der Waals surface area contributed by atoms with Crippen molar-refractivity contribution in [3.63, 3.8) is 0 Å². The number of nitrogens with zero attached hydrogens (tertiary/aromatic N) is 5. The van der Waals surface area contributed by atoms with Crippen molar-refractivity contribution in [1.29, 1.82) is 0 Å². The van der Waals surface area contributed by atoms with Crippen LogP contribution in [0.15, 0.2) is 12.1 Å². The van der Waals surface area contributed by atoms with Gasteiger partial charge in [0.15, 0.2) is 0 Å². The SMILES string of the molecule is CCc1nc(-c2nnn(C)c2COC(=O)N(C)CC2CCC2)ccc1OC1CCCCC1. The number of pyridine rings is 1. The number of amides is 1. The molecule has 4 rings (SSSR count). The van der Waals surface area contributed by atoms with Crippen LogP contribution in [0.1, 0.15) is 69.7 Å². The average molecular weight is 442 g/mol. The fourth-order valence-electron chi connectivity index (χ4n) is 4.46. The summed E-state index contributed by atoms with van der Waals surface area (Å²) in [5.41, 5.74) is 3.01. The van der Waals surface area contributed by atoms with Gasteiger partial charge < -0.3 is 14.4 Å². The molecule has 2 aromatic rings. The Balaban J connectivity index is 1.44. The van der Waals surface area contributed by atoms with Gasteiger partial charge >= 0.3 is 6.09 Å². The maximum absolute atomic E-state index is 12.4. The highest BCUT2D eigenvalue weighted by atomic mass is 16.6. The Labute approximate surface area is 190 Å². The first-order chi connectivity index (χ1) is 15.5. The minimum absolute atomic E-state index is 0.107. The van der Waals surface area contributed by atoms with Crippen molar-refractivity contribution in [2.24, 2.45) is 13.0 Å². The summed E-state index contributed by atoms with van der Waals surface area (Å²) in [6, 6.07) is 3.92. The van der Waals surface area contributed by atoms with Gasteiger partial charge in [0.05, 0.1) is 17.5 Å². The molecule has 8 nitrogen and oxygen atoms in total. The molecular weight excluding hydrogens is 406 g/mol. The zero-order chi connectivity index (χ0) is 22.5. The molecule has 0 aromatic carbocycles. The fourth-order valence-corrected chi connectivity index (χ4v) is 4.46. The van der Waals surface area contributed by atoms with Crippen molar-refractivity contribution in [3.8, 4) is 17.1 Å². The normalized spacial score (nSPS) is 17.1. The lowest BCUT2D eigenvalue weighted by molar-refractivity contribution is 0.0913. The third-order valence-electron chi connectivity index (χ3n) is 6.70. The third kappa shape index (κ3) is 5.22. The number of aromatic nitrogens is 4. The molecule has 2 heterocycles. The highest BCUT2D eigenvalue weighted by Crippen LogP contribution is 2.29. The Kier molecular flexibility index (Phi) is 7.27. The molecule has 0 bridgehead atoms. The van der Waals surface area contributed by atoms with E-state index in [2.05, 4.69) is 17.2 Å². The molecule has 1 amide bonds. The predicted molar refractivity (Wildman–Crippen MR) is 121 cm³/mol. The van der Waals surface area contributed by atoms with Crippen LogP contribution >= 0.6 is 0 Å². The van der Waals surface area contributed by atoms with Gasteiger partial charge in [-0.05, 0) is 63.0 Å². The molecule has 2 aliphatic carbocycles. The van der Waals surface area contributed by atoms with Gasteiger partial charge in [-0.25, -0.2) is 14.5 Å². The first kappa shape index (κ1) is 22.6. The fraction of sp³-hybridized carbons (Fsp3) is 0.667. The van der Waals surface area contributed by atoms with Crippen LogP contribution in [-0.4, -0.2) is 50.7 Å². The second-order valence-corrected chi connectivity index (χ2v) is 9.11. The maximum Gasteiger partial charge on any atom is 0.409 e. The standard InChI is InChI=1S/C24H35N5O3/c1-4-19-22(32-18-11-6-5-7-12-18)14-13-20(25-19)23-21(29(3)27-26-23)16-31-24(30)28(2)15-17-9-8-10-17/h13-14,17-18H,4-12,15-16H2,1-3H3. The molecule has 2 aliphatic rings. The summed E-state index contributed by atoms with van der Waals surface area (Å²) in [5, 5.41) is 8.45. The summed E-state index contributed by atoms with van der Waals surface area (Å²) >= 11 is 0. The van der Waals surface area contributed by atoms with E-state index in [1.165, 1.54) is 38.5 Å². The minimum atomic E-state index is -0.317. The van der Waals surface area contributed by atoms with Gasteiger partial charge in [0.2, 0.25) is 0 Å². The van der Waals surface area contributed by atoms with Gasteiger partial charge in [-0.1, -0.05) is 25.0 Å². The smallest absolute Gasteiger partial charge is 0.409 e. The summed E-state index contributed by atoms with van der Waals surface area (Å²) in [6.45, 7) is 2.94. The monoisotopic (exact) mass is 441 g/mol. The van der Waals surface area contributed by atoms with Gasteiger partial charge in [0.25, 0.3) is 0 Å². The third-order valence-corrected chi connectivity index (χ3v) is 6.70. The Bertz CT molecular complexity index is 918. The van der Waals surface area contributed by atoms with E-state index in [4.69, 9.17) is 14.5 Å². The average Bonchev–Trinajstić information content (AvgIpc) is 3.15. The van der Waals surface area contributed by atoms with E-state index in [0.717, 1.165) is 48.6 Å². The summed E-state index contributed by atoms with van der Waals surface area (Å²) in [5.74, 6) is 1.46. The summed E-state index contributed by atoms with van der Waals surface area (Å²) < 4.78 is 13.5. The van der Waals surface area contributed by atoms with E-state index in [9.17, 15) is 4.79 Å². The lowest BCUT2D eigenvalue weighted by Crippen LogP contribution is -2.34. The van der Waals surface area contributed by atoms with Gasteiger partial charge in [0.1, 0.15) is 23.7 Å². The summed E-state index contributed by atoms with van der Waals surface area (Å²) in [7, 11) is 3.60. The zero-order valence-electron chi connectivity index (χ0n) is 19.5. The van der Waals surface area contributed by atoms with Crippen LogP contribution in [0.4, 0.5) is 4.79 Å². The lowest BCUT2D eigenvalue weighted by Gasteiger charge is -2.29. The molecule has 0 radical (unpaired) electrons. The van der Waals surface area contributed by atoms with Crippen molar-refractivity contribution < 1.29 is 14.3 Å². The minimum Gasteiger partial charge on any atom is -0.489 e. The molecular formula is C24H35N5O3. The molecule has 174 valence electrons. The van der Waals surface area contributed by atoms with E-state index in [1.54, 1.807) is 23.7 Å². The molecule has 2 saturated carbocycles. The first-order valence-corrected chi connectivity index (χ1v) is 12.0. The van der Waals surface area contributed by atoms with Crippen molar-refractivity contribution in [2.75, 3.05) is 13.6 Å². The highest BCUT2D eigenvalue weighted by Gasteiger charge is 2.24. The summed E-state index contributed by atoms with van der Waals surface area (Å²) in [6.07, 6.45) is 10.4. The molecule has 0 unspecified atom stereocenters. The molecule has 8 heteroatoms. The van der Waals surface area contributed by atoms with Crippen LogP contribution in [0, 0.1) is 5.92 Å². The second kappa shape index (κ2) is 10.3. The molecule has 2 aromatic heterocycles. The summed E-state index contributed by atoms with van der Waals surface area (Å²) in [4.78, 5) is 18.9. The largest absolute Gasteiger partial charge is 0.489 e. The molecule has 0 aliphatic heterocycles. The quantitative estimate of drug-likeness (QED) is 0.599. The van der Waals surface area contributed by atoms with Gasteiger partial charge in [-0.15, -0.1) is 5.10 Å². The molecule has 32 heavy (non-hydrogen) atoms. The maximum atomic E-state index is 12.4. The van der Waals surface area contributed by atoms with Crippen molar-refractivity contribution >= 4 is 6.09 Å². The Hall–Kier alpha value is -2.64. The Morgan fingerprint density at radius 3 is 2.62 bits per heavy atom. The van der Waals surface area contributed by atoms with E-state index < -0.39 is 0 Å². The van der Waals surface area contributed by atoms with Crippen LogP contribution in [0.2, 0.25) is 0 Å². The van der Waals surface area contributed by atoms with Crippen LogP contribution in [0.3, 0.4) is 0 Å². The van der Waals surface area contributed by atoms with Crippen molar-refractivity contribution in [3.05, 3.63) is 23.5 Å².